The first-order chi connectivity index (χ1) is 15.6. The van der Waals surface area contributed by atoms with Gasteiger partial charge in [0.1, 0.15) is 5.75 Å². The maximum atomic E-state index is 12.6. The Hall–Kier alpha value is -2.34. The minimum absolute atomic E-state index is 0.00274. The first kappa shape index (κ1) is 24.3. The highest BCUT2D eigenvalue weighted by Crippen LogP contribution is 2.26. The van der Waals surface area contributed by atoms with Crippen molar-refractivity contribution in [3.63, 3.8) is 0 Å². The minimum Gasteiger partial charge on any atom is -0.493 e. The molecule has 6 nitrogen and oxygen atoms in total. The van der Waals surface area contributed by atoms with Gasteiger partial charge in [-0.1, -0.05) is 43.9 Å². The fourth-order valence-electron chi connectivity index (χ4n) is 4.89. The van der Waals surface area contributed by atoms with Gasteiger partial charge in [-0.3, -0.25) is 9.59 Å². The summed E-state index contributed by atoms with van der Waals surface area (Å²) >= 11 is 0. The number of rotatable bonds is 8. The first-order valence-corrected chi connectivity index (χ1v) is 12.3. The molecule has 0 spiro atoms. The van der Waals surface area contributed by atoms with Crippen molar-refractivity contribution in [2.75, 3.05) is 33.3 Å². The predicted molar refractivity (Wildman–Crippen MR) is 129 cm³/mol. The summed E-state index contributed by atoms with van der Waals surface area (Å²) in [5, 5.41) is 2.73. The third-order valence-electron chi connectivity index (χ3n) is 6.84. The molecular weight excluding hydrogens is 402 g/mol. The molecule has 3 rings (SSSR count). The fourth-order valence-corrected chi connectivity index (χ4v) is 4.89. The highest BCUT2D eigenvalue weighted by atomic mass is 16.5. The molecule has 0 atom stereocenters. The van der Waals surface area contributed by atoms with Gasteiger partial charge in [0.25, 0.3) is 0 Å². The van der Waals surface area contributed by atoms with Gasteiger partial charge < -0.3 is 19.9 Å². The summed E-state index contributed by atoms with van der Waals surface area (Å²) in [5.41, 5.74) is 0.843. The number of ether oxygens (including phenoxy) is 1. The van der Waals surface area contributed by atoms with Crippen LogP contribution in [-0.4, -0.2) is 67.0 Å². The molecule has 0 aromatic heterocycles. The van der Waals surface area contributed by atoms with Crippen LogP contribution in [0.1, 0.15) is 63.9 Å². The summed E-state index contributed by atoms with van der Waals surface area (Å²) in [4.78, 5) is 29.3. The molecule has 1 heterocycles. The van der Waals surface area contributed by atoms with Crippen molar-refractivity contribution in [3.05, 3.63) is 35.9 Å². The van der Waals surface area contributed by atoms with Crippen LogP contribution in [0.15, 0.2) is 30.3 Å². The number of carbonyl (C=O) groups is 2. The zero-order valence-corrected chi connectivity index (χ0v) is 19.7. The van der Waals surface area contributed by atoms with E-state index in [2.05, 4.69) is 17.3 Å². The standard InChI is InChI=1S/C26H39N3O3/c1-3-32-24-13-9-8-10-21(24)14-15-25(30)27-20-26(31)29-18-16-23(17-19-29)28(2)22-11-6-4-5-7-12-22/h8-10,13-15,22-23H,3-7,11-12,16-20H2,1-2H3,(H,27,30)/b15-14+. The average Bonchev–Trinajstić information content (AvgIpc) is 3.11. The van der Waals surface area contributed by atoms with E-state index in [9.17, 15) is 9.59 Å². The van der Waals surface area contributed by atoms with Gasteiger partial charge in [0.15, 0.2) is 0 Å². The van der Waals surface area contributed by atoms with Crippen molar-refractivity contribution in [3.8, 4) is 5.75 Å². The molecule has 1 aromatic rings. The largest absolute Gasteiger partial charge is 0.493 e. The summed E-state index contributed by atoms with van der Waals surface area (Å²) in [5.74, 6) is 0.469. The predicted octanol–water partition coefficient (Wildman–Crippen LogP) is 3.86. The second-order valence-corrected chi connectivity index (χ2v) is 8.94. The van der Waals surface area contributed by atoms with E-state index in [0.717, 1.165) is 37.2 Å². The van der Waals surface area contributed by atoms with Crippen molar-refractivity contribution in [1.29, 1.82) is 0 Å². The molecule has 2 amide bonds. The molecule has 2 fully saturated rings. The second kappa shape index (κ2) is 12.6. The fraction of sp³-hybridized carbons (Fsp3) is 0.615. The smallest absolute Gasteiger partial charge is 0.244 e. The summed E-state index contributed by atoms with van der Waals surface area (Å²) in [6.45, 7) is 4.08. The number of para-hydroxylation sites is 1. The summed E-state index contributed by atoms with van der Waals surface area (Å²) in [6.07, 6.45) is 13.3. The first-order valence-electron chi connectivity index (χ1n) is 12.3. The Kier molecular flexibility index (Phi) is 9.60. The van der Waals surface area contributed by atoms with E-state index in [0.29, 0.717) is 18.7 Å². The lowest BCUT2D eigenvalue weighted by Gasteiger charge is -2.40. The van der Waals surface area contributed by atoms with E-state index < -0.39 is 0 Å². The number of nitrogens with zero attached hydrogens (tertiary/aromatic N) is 2. The summed E-state index contributed by atoms with van der Waals surface area (Å²) in [6, 6.07) is 8.84. The molecule has 0 radical (unpaired) electrons. The van der Waals surface area contributed by atoms with Crippen LogP contribution in [-0.2, 0) is 9.59 Å². The van der Waals surface area contributed by atoms with Crippen LogP contribution in [0.2, 0.25) is 0 Å². The lowest BCUT2D eigenvalue weighted by Crippen LogP contribution is -2.50. The van der Waals surface area contributed by atoms with Crippen LogP contribution in [0.5, 0.6) is 5.75 Å². The maximum absolute atomic E-state index is 12.6. The topological polar surface area (TPSA) is 61.9 Å². The normalized spacial score (nSPS) is 18.7. The average molecular weight is 442 g/mol. The Morgan fingerprint density at radius 3 is 2.41 bits per heavy atom. The van der Waals surface area contributed by atoms with Gasteiger partial charge >= 0.3 is 0 Å². The lowest BCUT2D eigenvalue weighted by molar-refractivity contribution is -0.133. The van der Waals surface area contributed by atoms with Crippen LogP contribution < -0.4 is 10.1 Å². The zero-order valence-electron chi connectivity index (χ0n) is 19.7. The van der Waals surface area contributed by atoms with Gasteiger partial charge in [-0.2, -0.15) is 0 Å². The Bertz CT molecular complexity index is 763. The highest BCUT2D eigenvalue weighted by Gasteiger charge is 2.28. The van der Waals surface area contributed by atoms with Crippen molar-refractivity contribution in [2.24, 2.45) is 0 Å². The third-order valence-corrected chi connectivity index (χ3v) is 6.84. The molecule has 1 saturated carbocycles. The van der Waals surface area contributed by atoms with E-state index in [1.807, 2.05) is 36.1 Å². The van der Waals surface area contributed by atoms with Crippen molar-refractivity contribution in [1.82, 2.24) is 15.1 Å². The molecule has 1 saturated heterocycles. The number of likely N-dealkylation sites (tertiary alicyclic amines) is 1. The second-order valence-electron chi connectivity index (χ2n) is 8.94. The number of piperidine rings is 1. The number of benzene rings is 1. The molecule has 176 valence electrons. The van der Waals surface area contributed by atoms with Crippen LogP contribution in [0.25, 0.3) is 6.08 Å². The number of carbonyl (C=O) groups excluding carboxylic acids is 2. The molecule has 1 N–H and O–H groups in total. The molecule has 0 bridgehead atoms. The Morgan fingerprint density at radius 2 is 1.72 bits per heavy atom. The molecule has 1 aliphatic heterocycles. The van der Waals surface area contributed by atoms with Crippen LogP contribution in [0.3, 0.4) is 0 Å². The van der Waals surface area contributed by atoms with Gasteiger partial charge in [0, 0.05) is 36.8 Å². The Morgan fingerprint density at radius 1 is 1.06 bits per heavy atom. The molecule has 32 heavy (non-hydrogen) atoms. The lowest BCUT2D eigenvalue weighted by atomic mass is 9.99. The molecule has 0 unspecified atom stereocenters. The third kappa shape index (κ3) is 7.09. The van der Waals surface area contributed by atoms with E-state index in [4.69, 9.17) is 4.74 Å². The van der Waals surface area contributed by atoms with Gasteiger partial charge in [-0.25, -0.2) is 0 Å². The van der Waals surface area contributed by atoms with E-state index in [1.165, 1.54) is 44.6 Å². The van der Waals surface area contributed by atoms with Gasteiger partial charge in [0.05, 0.1) is 13.2 Å². The van der Waals surface area contributed by atoms with Crippen LogP contribution >= 0.6 is 0 Å². The van der Waals surface area contributed by atoms with Gasteiger partial charge in [-0.05, 0) is 51.8 Å². The SMILES string of the molecule is CCOc1ccccc1/C=C/C(=O)NCC(=O)N1CCC(N(C)C2CCCCCC2)CC1. The van der Waals surface area contributed by atoms with Gasteiger partial charge in [-0.15, -0.1) is 0 Å². The molecule has 6 heteroatoms. The Balaban J connectivity index is 1.40. The molecular formula is C26H39N3O3. The van der Waals surface area contributed by atoms with Crippen molar-refractivity contribution < 1.29 is 14.3 Å². The number of amides is 2. The number of hydrogen-bond acceptors (Lipinski definition) is 4. The zero-order chi connectivity index (χ0) is 22.8. The van der Waals surface area contributed by atoms with Crippen LogP contribution in [0, 0.1) is 0 Å². The summed E-state index contributed by atoms with van der Waals surface area (Å²) < 4.78 is 5.57. The van der Waals surface area contributed by atoms with Crippen molar-refractivity contribution in [2.45, 2.75) is 70.4 Å². The molecule has 1 aromatic carbocycles. The number of nitrogens with one attached hydrogen (secondary N) is 1. The van der Waals surface area contributed by atoms with Crippen molar-refractivity contribution >= 4 is 17.9 Å². The highest BCUT2D eigenvalue weighted by molar-refractivity contribution is 5.94. The van der Waals surface area contributed by atoms with Gasteiger partial charge in [0.2, 0.25) is 11.8 Å². The van der Waals surface area contributed by atoms with E-state index >= 15 is 0 Å². The minimum atomic E-state index is -0.271. The monoisotopic (exact) mass is 441 g/mol. The number of hydrogen-bond donors (Lipinski definition) is 1. The Labute approximate surface area is 193 Å². The quantitative estimate of drug-likeness (QED) is 0.492. The van der Waals surface area contributed by atoms with E-state index in [1.54, 1.807) is 6.08 Å². The molecule has 1 aliphatic carbocycles. The maximum Gasteiger partial charge on any atom is 0.244 e. The molecule has 2 aliphatic rings. The van der Waals surface area contributed by atoms with E-state index in [-0.39, 0.29) is 18.4 Å². The van der Waals surface area contributed by atoms with Crippen LogP contribution in [0.4, 0.5) is 0 Å². The summed E-state index contributed by atoms with van der Waals surface area (Å²) in [7, 11) is 2.27.